The van der Waals surface area contributed by atoms with E-state index in [4.69, 9.17) is 4.98 Å². The zero-order valence-corrected chi connectivity index (χ0v) is 16.7. The molecule has 6 heteroatoms. The van der Waals surface area contributed by atoms with Gasteiger partial charge in [0, 0.05) is 31.2 Å². The molecule has 26 heavy (non-hydrogen) atoms. The number of pyridine rings is 1. The fourth-order valence-corrected chi connectivity index (χ4v) is 4.05. The van der Waals surface area contributed by atoms with Crippen molar-refractivity contribution in [2.75, 3.05) is 0 Å². The van der Waals surface area contributed by atoms with Gasteiger partial charge in [0.05, 0.1) is 17.3 Å². The first-order chi connectivity index (χ1) is 12.6. The fourth-order valence-electron chi connectivity index (χ4n) is 2.86. The highest BCUT2D eigenvalue weighted by atomic mass is 79.9. The van der Waals surface area contributed by atoms with E-state index in [1.807, 2.05) is 30.3 Å². The van der Waals surface area contributed by atoms with Crippen molar-refractivity contribution in [3.8, 4) is 0 Å². The Morgan fingerprint density at radius 3 is 2.92 bits per heavy atom. The van der Waals surface area contributed by atoms with Crippen LogP contribution in [0, 0.1) is 0 Å². The largest absolute Gasteiger partial charge is 0.272 e. The lowest BCUT2D eigenvalue weighted by atomic mass is 10.1. The topological polar surface area (TPSA) is 54.4 Å². The summed E-state index contributed by atoms with van der Waals surface area (Å²) in [4.78, 5) is 19.8. The van der Waals surface area contributed by atoms with Gasteiger partial charge in [0.25, 0.3) is 5.91 Å². The minimum atomic E-state index is -0.207. The zero-order chi connectivity index (χ0) is 18.1. The molecule has 0 spiro atoms. The van der Waals surface area contributed by atoms with Gasteiger partial charge < -0.3 is 0 Å². The molecule has 0 unspecified atom stereocenters. The molecular weight excluding hydrogens is 410 g/mol. The molecule has 1 fully saturated rings. The van der Waals surface area contributed by atoms with Crippen molar-refractivity contribution in [2.45, 2.75) is 32.1 Å². The molecule has 1 saturated carbocycles. The quantitative estimate of drug-likeness (QED) is 0.445. The van der Waals surface area contributed by atoms with E-state index in [0.717, 1.165) is 45.2 Å². The number of rotatable bonds is 5. The van der Waals surface area contributed by atoms with Gasteiger partial charge in [-0.2, -0.15) is 5.10 Å². The number of aromatic nitrogens is 1. The predicted molar refractivity (Wildman–Crippen MR) is 110 cm³/mol. The summed E-state index contributed by atoms with van der Waals surface area (Å²) in [7, 11) is 0. The maximum atomic E-state index is 12.8. The summed E-state index contributed by atoms with van der Waals surface area (Å²) >= 11 is 5.16. The third-order valence-corrected chi connectivity index (χ3v) is 6.08. The van der Waals surface area contributed by atoms with Gasteiger partial charge >= 0.3 is 0 Å². The standard InChI is InChI=1S/C20H18BrN3OS/c1-2-14-6-7-15(26-14)11-22-24-20(25)17-10-19(12-3-4-12)23-18-8-5-13(21)9-16(17)18/h5-12H,2-4H2,1H3,(H,24,25)/b22-11-. The van der Waals surface area contributed by atoms with Gasteiger partial charge in [0.2, 0.25) is 0 Å². The maximum Gasteiger partial charge on any atom is 0.272 e. The minimum absolute atomic E-state index is 0.207. The number of amides is 1. The molecule has 0 bridgehead atoms. The van der Waals surface area contributed by atoms with E-state index >= 15 is 0 Å². The van der Waals surface area contributed by atoms with Gasteiger partial charge in [-0.3, -0.25) is 9.78 Å². The summed E-state index contributed by atoms with van der Waals surface area (Å²) in [5.74, 6) is 0.276. The third-order valence-electron chi connectivity index (χ3n) is 4.42. The van der Waals surface area contributed by atoms with Crippen LogP contribution in [0.5, 0.6) is 0 Å². The molecule has 3 aromatic rings. The molecule has 0 atom stereocenters. The van der Waals surface area contributed by atoms with E-state index in [-0.39, 0.29) is 5.91 Å². The summed E-state index contributed by atoms with van der Waals surface area (Å²) in [5, 5.41) is 4.97. The number of nitrogens with one attached hydrogen (secondary N) is 1. The van der Waals surface area contributed by atoms with Gasteiger partial charge in [-0.05, 0) is 55.7 Å². The van der Waals surface area contributed by atoms with Crippen LogP contribution in [-0.4, -0.2) is 17.1 Å². The SMILES string of the molecule is CCc1ccc(/C=N\NC(=O)c2cc(C3CC3)nc3ccc(Br)cc23)s1. The Hall–Kier alpha value is -2.05. The maximum absolute atomic E-state index is 12.8. The van der Waals surface area contributed by atoms with Crippen LogP contribution in [0.2, 0.25) is 0 Å². The van der Waals surface area contributed by atoms with E-state index in [1.165, 1.54) is 4.88 Å². The summed E-state index contributed by atoms with van der Waals surface area (Å²) in [6.07, 6.45) is 4.99. The Morgan fingerprint density at radius 1 is 1.35 bits per heavy atom. The molecule has 0 saturated heterocycles. The average molecular weight is 428 g/mol. The molecule has 2 heterocycles. The van der Waals surface area contributed by atoms with Crippen LogP contribution in [0.25, 0.3) is 10.9 Å². The molecule has 4 rings (SSSR count). The number of hydrogen-bond acceptors (Lipinski definition) is 4. The highest BCUT2D eigenvalue weighted by Gasteiger charge is 2.27. The van der Waals surface area contributed by atoms with Crippen LogP contribution >= 0.6 is 27.3 Å². The second-order valence-electron chi connectivity index (χ2n) is 6.39. The Labute approximate surface area is 164 Å². The van der Waals surface area contributed by atoms with Crippen molar-refractivity contribution in [1.29, 1.82) is 0 Å². The molecule has 132 valence electrons. The number of carbonyl (C=O) groups is 1. The average Bonchev–Trinajstić information content (AvgIpc) is 3.40. The van der Waals surface area contributed by atoms with Gasteiger partial charge in [0.15, 0.2) is 0 Å². The number of benzene rings is 1. The van der Waals surface area contributed by atoms with E-state index in [1.54, 1.807) is 17.6 Å². The predicted octanol–water partition coefficient (Wildman–Crippen LogP) is 5.26. The molecule has 0 radical (unpaired) electrons. The third kappa shape index (κ3) is 3.71. The first-order valence-corrected chi connectivity index (χ1v) is 10.3. The van der Waals surface area contributed by atoms with Crippen molar-refractivity contribution in [3.05, 3.63) is 61.9 Å². The number of hydrazone groups is 1. The number of fused-ring (bicyclic) bond motifs is 1. The lowest BCUT2D eigenvalue weighted by molar-refractivity contribution is 0.0956. The first kappa shape index (κ1) is 17.4. The summed E-state index contributed by atoms with van der Waals surface area (Å²) in [6.45, 7) is 2.12. The normalized spacial score (nSPS) is 14.2. The van der Waals surface area contributed by atoms with Crippen LogP contribution in [0.3, 0.4) is 0 Å². The van der Waals surface area contributed by atoms with Gasteiger partial charge in [-0.25, -0.2) is 5.43 Å². The van der Waals surface area contributed by atoms with Crippen LogP contribution in [-0.2, 0) is 6.42 Å². The molecule has 1 amide bonds. The molecule has 1 aliphatic rings. The Kier molecular flexibility index (Phi) is 4.87. The lowest BCUT2D eigenvalue weighted by Gasteiger charge is -2.08. The Balaban J connectivity index is 1.61. The smallest absolute Gasteiger partial charge is 0.267 e. The Morgan fingerprint density at radius 2 is 2.19 bits per heavy atom. The molecule has 1 aliphatic carbocycles. The molecule has 1 N–H and O–H groups in total. The molecule has 4 nitrogen and oxygen atoms in total. The number of carbonyl (C=O) groups excluding carboxylic acids is 1. The number of halogens is 1. The van der Waals surface area contributed by atoms with E-state index in [0.29, 0.717) is 11.5 Å². The molecular formula is C20H18BrN3OS. The molecule has 0 aliphatic heterocycles. The van der Waals surface area contributed by atoms with Crippen LogP contribution in [0.1, 0.15) is 51.5 Å². The van der Waals surface area contributed by atoms with E-state index < -0.39 is 0 Å². The minimum Gasteiger partial charge on any atom is -0.267 e. The number of aryl methyl sites for hydroxylation is 1. The highest BCUT2D eigenvalue weighted by molar-refractivity contribution is 9.10. The van der Waals surface area contributed by atoms with E-state index in [2.05, 4.69) is 39.4 Å². The van der Waals surface area contributed by atoms with E-state index in [9.17, 15) is 4.79 Å². The van der Waals surface area contributed by atoms with Gasteiger partial charge in [-0.15, -0.1) is 11.3 Å². The van der Waals surface area contributed by atoms with Crippen molar-refractivity contribution in [2.24, 2.45) is 5.10 Å². The zero-order valence-electron chi connectivity index (χ0n) is 14.3. The van der Waals surface area contributed by atoms with Gasteiger partial charge in [-0.1, -0.05) is 22.9 Å². The van der Waals surface area contributed by atoms with Crippen LogP contribution in [0.4, 0.5) is 0 Å². The second-order valence-corrected chi connectivity index (χ2v) is 8.50. The van der Waals surface area contributed by atoms with Gasteiger partial charge in [0.1, 0.15) is 0 Å². The molecule has 1 aromatic carbocycles. The lowest BCUT2D eigenvalue weighted by Crippen LogP contribution is -2.18. The monoisotopic (exact) mass is 427 g/mol. The van der Waals surface area contributed by atoms with Crippen molar-refractivity contribution < 1.29 is 4.79 Å². The summed E-state index contributed by atoms with van der Waals surface area (Å²) in [5.41, 5.74) is 5.13. The molecule has 2 aromatic heterocycles. The number of hydrogen-bond donors (Lipinski definition) is 1. The fraction of sp³-hybridized carbons (Fsp3) is 0.250. The number of nitrogens with zero attached hydrogens (tertiary/aromatic N) is 2. The first-order valence-electron chi connectivity index (χ1n) is 8.66. The van der Waals surface area contributed by atoms with Crippen molar-refractivity contribution in [3.63, 3.8) is 0 Å². The number of thiophene rings is 1. The van der Waals surface area contributed by atoms with Crippen LogP contribution < -0.4 is 5.43 Å². The van der Waals surface area contributed by atoms with Crippen molar-refractivity contribution in [1.82, 2.24) is 10.4 Å². The summed E-state index contributed by atoms with van der Waals surface area (Å²) in [6, 6.07) is 11.9. The Bertz CT molecular complexity index is 1010. The van der Waals surface area contributed by atoms with Crippen LogP contribution in [0.15, 0.2) is 46.0 Å². The van der Waals surface area contributed by atoms with Crippen molar-refractivity contribution >= 4 is 50.3 Å². The summed E-state index contributed by atoms with van der Waals surface area (Å²) < 4.78 is 0.925. The highest BCUT2D eigenvalue weighted by Crippen LogP contribution is 2.40. The second kappa shape index (κ2) is 7.29.